The fraction of sp³-hybridized carbons (Fsp3) is 0.300. The van der Waals surface area contributed by atoms with Gasteiger partial charge in [0.05, 0.1) is 10.7 Å². The van der Waals surface area contributed by atoms with E-state index in [4.69, 9.17) is 0 Å². The van der Waals surface area contributed by atoms with Crippen LogP contribution in [0.3, 0.4) is 0 Å². The highest BCUT2D eigenvalue weighted by molar-refractivity contribution is 14.1. The molecule has 9 heteroatoms. The second-order valence-corrected chi connectivity index (χ2v) is 11.5. The Balaban J connectivity index is 3.28. The molecule has 0 saturated carbocycles. The zero-order valence-electron chi connectivity index (χ0n) is 9.67. The molecule has 6 nitrogen and oxygen atoms in total. The Labute approximate surface area is 131 Å². The van der Waals surface area contributed by atoms with E-state index in [9.17, 15) is 23.3 Å². The highest BCUT2D eigenvalue weighted by Crippen LogP contribution is 2.37. The lowest BCUT2D eigenvalue weighted by molar-refractivity contribution is -0.384. The van der Waals surface area contributed by atoms with Crippen molar-refractivity contribution in [2.75, 3.05) is 5.75 Å². The molecule has 1 aromatic rings. The number of hydrogen-bond donors (Lipinski definition) is 0. The van der Waals surface area contributed by atoms with Crippen LogP contribution < -0.4 is 0 Å². The van der Waals surface area contributed by atoms with Gasteiger partial charge >= 0.3 is 0 Å². The van der Waals surface area contributed by atoms with E-state index in [1.807, 2.05) is 0 Å². The summed E-state index contributed by atoms with van der Waals surface area (Å²) in [5.74, 6) is -0.958. The van der Waals surface area contributed by atoms with Crippen LogP contribution in [0.2, 0.25) is 0 Å². The molecule has 0 aliphatic carbocycles. The number of non-ortho nitro benzene ring substituents is 1. The maximum absolute atomic E-state index is 12.2. The third-order valence-corrected chi connectivity index (χ3v) is 8.42. The molecule has 0 unspecified atom stereocenters. The van der Waals surface area contributed by atoms with E-state index in [0.717, 1.165) is 6.07 Å². The first-order valence-electron chi connectivity index (χ1n) is 5.03. The number of benzene rings is 1. The summed E-state index contributed by atoms with van der Waals surface area (Å²) in [5.41, 5.74) is -0.294. The molecule has 0 bridgehead atoms. The Morgan fingerprint density at radius 2 is 2.11 bits per heavy atom. The van der Waals surface area contributed by atoms with Crippen molar-refractivity contribution in [2.24, 2.45) is 0 Å². The van der Waals surface area contributed by atoms with Crippen molar-refractivity contribution in [3.63, 3.8) is 0 Å². The van der Waals surface area contributed by atoms with E-state index in [-0.39, 0.29) is 17.0 Å². The number of nitrogens with zero attached hydrogens (tertiary/aromatic N) is 1. The van der Waals surface area contributed by atoms with E-state index < -0.39 is 22.2 Å². The van der Waals surface area contributed by atoms with Crippen LogP contribution in [-0.2, 0) is 9.84 Å². The lowest BCUT2D eigenvalue weighted by atomic mass is 10.1. The van der Waals surface area contributed by atoms with Crippen molar-refractivity contribution in [1.29, 1.82) is 0 Å². The molecule has 0 heterocycles. The van der Waals surface area contributed by atoms with Crippen LogP contribution in [-0.4, -0.2) is 26.5 Å². The number of nitro benzene ring substituents is 1. The third kappa shape index (κ3) is 3.31. The van der Waals surface area contributed by atoms with Gasteiger partial charge in [0.1, 0.15) is 0 Å². The monoisotopic (exact) mass is 461 g/mol. The maximum Gasteiger partial charge on any atom is 0.270 e. The molecule has 0 saturated heterocycles. The van der Waals surface area contributed by atoms with E-state index >= 15 is 0 Å². The van der Waals surface area contributed by atoms with Crippen LogP contribution in [0.5, 0.6) is 0 Å². The first-order chi connectivity index (χ1) is 8.63. The molecule has 1 rings (SSSR count). The molecule has 1 atom stereocenters. The summed E-state index contributed by atoms with van der Waals surface area (Å²) in [6.07, 6.45) is 0. The van der Waals surface area contributed by atoms with Gasteiger partial charge in [-0.15, -0.1) is 0 Å². The van der Waals surface area contributed by atoms with Crippen LogP contribution in [0.25, 0.3) is 0 Å². The molecule has 0 radical (unpaired) electrons. The smallest absolute Gasteiger partial charge is 0.270 e. The van der Waals surface area contributed by atoms with Crippen LogP contribution in [0.15, 0.2) is 24.3 Å². The highest BCUT2D eigenvalue weighted by atomic mass is 127. The zero-order valence-corrected chi connectivity index (χ0v) is 14.2. The van der Waals surface area contributed by atoms with Gasteiger partial charge in [0.25, 0.3) is 5.69 Å². The van der Waals surface area contributed by atoms with Crippen LogP contribution in [0, 0.1) is 10.1 Å². The van der Waals surface area contributed by atoms with Gasteiger partial charge in [-0.1, -0.05) is 19.1 Å². The Bertz CT molecular complexity index is 629. The van der Waals surface area contributed by atoms with E-state index in [0.29, 0.717) is 0 Å². The van der Waals surface area contributed by atoms with Gasteiger partial charge in [-0.2, -0.15) is 0 Å². The average Bonchev–Trinajstić information content (AvgIpc) is 2.37. The molecule has 0 aliphatic heterocycles. The molecule has 1 aromatic carbocycles. The molecule has 0 aliphatic rings. The minimum Gasteiger partial charge on any atom is -0.290 e. The second kappa shape index (κ2) is 5.83. The van der Waals surface area contributed by atoms with Crippen molar-refractivity contribution in [3.05, 3.63) is 39.9 Å². The number of alkyl halides is 2. The van der Waals surface area contributed by atoms with Gasteiger partial charge in [0.15, 0.2) is 9.84 Å². The Morgan fingerprint density at radius 1 is 1.53 bits per heavy atom. The van der Waals surface area contributed by atoms with Crippen LogP contribution in [0.4, 0.5) is 5.69 Å². The summed E-state index contributed by atoms with van der Waals surface area (Å²) in [7, 11) is -3.69. The average molecular weight is 462 g/mol. The summed E-state index contributed by atoms with van der Waals surface area (Å²) >= 11 is 4.39. The second-order valence-electron chi connectivity index (χ2n) is 3.56. The number of Topliss-reactive ketones (excluding diaryl/α,β-unsaturated/α-hetero) is 1. The SMILES string of the molecule is CCS(=O)(=O)[C@@](Br)(I)C(=O)c1cccc([N+](=O)[O-])c1. The Hall–Kier alpha value is -0.550. The topological polar surface area (TPSA) is 94.3 Å². The molecule has 0 fully saturated rings. The molecule has 0 aromatic heterocycles. The van der Waals surface area contributed by atoms with Crippen molar-refractivity contribution < 1.29 is 18.1 Å². The lowest BCUT2D eigenvalue weighted by Crippen LogP contribution is -2.35. The number of ketones is 1. The predicted octanol–water partition coefficient (Wildman–Crippen LogP) is 2.70. The van der Waals surface area contributed by atoms with Gasteiger partial charge in [0, 0.05) is 17.7 Å². The van der Waals surface area contributed by atoms with E-state index in [1.54, 1.807) is 0 Å². The predicted molar refractivity (Wildman–Crippen MR) is 82.6 cm³/mol. The summed E-state index contributed by atoms with van der Waals surface area (Å²) in [5, 5.41) is 10.6. The number of rotatable bonds is 5. The normalized spacial score (nSPS) is 14.7. The number of sulfone groups is 1. The Morgan fingerprint density at radius 3 is 2.58 bits per heavy atom. The summed E-state index contributed by atoms with van der Waals surface area (Å²) in [6, 6.07) is 4.97. The molecule has 0 spiro atoms. The first-order valence-corrected chi connectivity index (χ1v) is 8.55. The number of halogens is 2. The van der Waals surface area contributed by atoms with Crippen molar-refractivity contribution in [2.45, 2.75) is 8.59 Å². The van der Waals surface area contributed by atoms with Crippen LogP contribution >= 0.6 is 38.5 Å². The van der Waals surface area contributed by atoms with Gasteiger partial charge < -0.3 is 0 Å². The molecule has 0 amide bonds. The van der Waals surface area contributed by atoms with Gasteiger partial charge in [-0.3, -0.25) is 14.9 Å². The summed E-state index contributed by atoms with van der Waals surface area (Å²) in [6.45, 7) is 1.42. The number of nitro groups is 1. The lowest BCUT2D eigenvalue weighted by Gasteiger charge is -2.18. The summed E-state index contributed by atoms with van der Waals surface area (Å²) in [4.78, 5) is 22.2. The minimum atomic E-state index is -3.69. The first kappa shape index (κ1) is 16.5. The third-order valence-electron chi connectivity index (χ3n) is 2.35. The highest BCUT2D eigenvalue weighted by Gasteiger charge is 2.45. The van der Waals surface area contributed by atoms with Crippen molar-refractivity contribution in [3.8, 4) is 0 Å². The zero-order chi connectivity index (χ0) is 14.8. The maximum atomic E-state index is 12.2. The van der Waals surface area contributed by atoms with E-state index in [2.05, 4.69) is 15.9 Å². The fourth-order valence-corrected chi connectivity index (χ4v) is 4.18. The minimum absolute atomic E-state index is 0.0301. The molecule has 19 heavy (non-hydrogen) atoms. The number of hydrogen-bond acceptors (Lipinski definition) is 5. The standard InChI is InChI=1S/C10H9BrINO5S/c1-2-19(17,18)10(11,12)9(14)7-4-3-5-8(6-7)13(15)16/h3-6H,2H2,1H3/t10-/m0/s1. The van der Waals surface area contributed by atoms with Crippen molar-refractivity contribution >= 4 is 59.8 Å². The van der Waals surface area contributed by atoms with E-state index in [1.165, 1.54) is 47.7 Å². The summed E-state index contributed by atoms with van der Waals surface area (Å²) < 4.78 is 21.9. The molecule has 104 valence electrons. The fourth-order valence-electron chi connectivity index (χ4n) is 1.25. The number of carbonyl (C=O) groups excluding carboxylic acids is 1. The van der Waals surface area contributed by atoms with Gasteiger partial charge in [-0.05, 0) is 38.5 Å². The largest absolute Gasteiger partial charge is 0.290 e. The quantitative estimate of drug-likeness (QED) is 0.221. The number of carbonyl (C=O) groups is 1. The van der Waals surface area contributed by atoms with Crippen molar-refractivity contribution in [1.82, 2.24) is 0 Å². The van der Waals surface area contributed by atoms with Gasteiger partial charge in [-0.25, -0.2) is 8.42 Å². The Kier molecular flexibility index (Phi) is 5.07. The molecular formula is C10H9BrINO5S. The van der Waals surface area contributed by atoms with Crippen LogP contribution in [0.1, 0.15) is 17.3 Å². The molecule has 0 N–H and O–H groups in total. The molecular weight excluding hydrogens is 453 g/mol. The van der Waals surface area contributed by atoms with Gasteiger partial charge in [0.2, 0.25) is 7.45 Å².